The van der Waals surface area contributed by atoms with Gasteiger partial charge < -0.3 is 35.2 Å². The molecule has 0 radical (unpaired) electrons. The van der Waals surface area contributed by atoms with Crippen molar-refractivity contribution in [1.82, 2.24) is 25.8 Å². The normalized spacial score (nSPS) is 11.7. The number of fused-ring (bicyclic) bond motifs is 4. The number of nitrogens with zero attached hydrogens (tertiary/aromatic N) is 2. The Labute approximate surface area is 480 Å². The van der Waals surface area contributed by atoms with E-state index in [0.29, 0.717) is 29.8 Å². The number of carbonyl (C=O) groups excluding carboxylic acids is 5. The van der Waals surface area contributed by atoms with Crippen LogP contribution in [0.25, 0.3) is 43.1 Å². The quantitative estimate of drug-likeness (QED) is 0.0361. The van der Waals surface area contributed by atoms with Crippen LogP contribution >= 0.6 is 0 Å². The van der Waals surface area contributed by atoms with Crippen LogP contribution in [0.3, 0.4) is 0 Å². The van der Waals surface area contributed by atoms with Gasteiger partial charge in [-0.2, -0.15) is 0 Å². The first kappa shape index (κ1) is 61.2. The van der Waals surface area contributed by atoms with E-state index in [4.69, 9.17) is 9.47 Å². The summed E-state index contributed by atoms with van der Waals surface area (Å²) >= 11 is 0. The third-order valence-corrected chi connectivity index (χ3v) is 15.0. The Morgan fingerprint density at radius 3 is 1.11 bits per heavy atom. The summed E-state index contributed by atoms with van der Waals surface area (Å²) in [7, 11) is 3.59. The average molecular weight is 1100 g/mol. The largest absolute Gasteiger partial charge is 0.444 e. The maximum atomic E-state index is 14.7. The zero-order valence-electron chi connectivity index (χ0n) is 49.7. The third-order valence-electron chi connectivity index (χ3n) is 15.0. The van der Waals surface area contributed by atoms with Gasteiger partial charge in [-0.25, -0.2) is 9.59 Å². The fourth-order valence-electron chi connectivity index (χ4n) is 10.9. The molecule has 81 heavy (non-hydrogen) atoms. The highest BCUT2D eigenvalue weighted by atomic mass is 16.6. The van der Waals surface area contributed by atoms with Crippen molar-refractivity contribution in [3.05, 3.63) is 154 Å². The zero-order valence-corrected chi connectivity index (χ0v) is 49.7. The molecule has 7 aromatic carbocycles. The smallest absolute Gasteiger partial charge is 0.407 e. The molecule has 0 aromatic heterocycles. The molecular formula is C69H87N5O7. The molecule has 0 heterocycles. The first-order chi connectivity index (χ1) is 38.8. The number of likely N-dealkylation sites (N-methyl/N-ethyl adjacent to an activating group) is 2. The minimum absolute atomic E-state index is 0.00537. The predicted octanol–water partition coefficient (Wildman–Crippen LogP) is 15.2. The van der Waals surface area contributed by atoms with Gasteiger partial charge >= 0.3 is 12.2 Å². The van der Waals surface area contributed by atoms with Crippen molar-refractivity contribution in [2.75, 3.05) is 20.6 Å². The fourth-order valence-corrected chi connectivity index (χ4v) is 10.9. The van der Waals surface area contributed by atoms with Crippen LogP contribution in [-0.2, 0) is 58.1 Å². The van der Waals surface area contributed by atoms with Crippen molar-refractivity contribution in [3.63, 3.8) is 0 Å². The standard InChI is InChI=1S/C69H87N5O7/c1-10-11-12-13-14-15-16-17-18-19-20-29-40-70-65(77)49-39-38-48(42-63(75)73(8)46-61-55-34-25-21-30-51(55)59(52-31-22-26-35-56(52)61)44-71-66(78)80-68(2,3)4)50(41-49)43-64(76)74(9)47-62-57-36-27-23-32-53(57)60(54-33-24-28-37-58(54)62)45-72-67(79)81-69(5,6)7/h21-28,30-39,41H,10-20,29,40,42-47H2,1-9H3,(H,70,77)(H,71,78)(H,72,79). The van der Waals surface area contributed by atoms with Crippen molar-refractivity contribution < 1.29 is 33.4 Å². The number of ether oxygens (including phenoxy) is 2. The molecule has 0 fully saturated rings. The van der Waals surface area contributed by atoms with Crippen molar-refractivity contribution in [3.8, 4) is 0 Å². The Hall–Kier alpha value is -7.47. The highest BCUT2D eigenvalue weighted by molar-refractivity contribution is 6.07. The van der Waals surface area contributed by atoms with Crippen LogP contribution < -0.4 is 16.0 Å². The van der Waals surface area contributed by atoms with Gasteiger partial charge in [-0.05, 0) is 137 Å². The summed E-state index contributed by atoms with van der Waals surface area (Å²) in [4.78, 5) is 72.3. The molecule has 430 valence electrons. The van der Waals surface area contributed by atoms with Gasteiger partial charge in [0.2, 0.25) is 11.8 Å². The van der Waals surface area contributed by atoms with Gasteiger partial charge in [0, 0.05) is 52.4 Å². The van der Waals surface area contributed by atoms with Gasteiger partial charge in [-0.3, -0.25) is 14.4 Å². The second-order valence-corrected chi connectivity index (χ2v) is 23.8. The first-order valence-corrected chi connectivity index (χ1v) is 29.5. The van der Waals surface area contributed by atoms with Crippen LogP contribution in [0.4, 0.5) is 9.59 Å². The minimum atomic E-state index is -0.646. The molecule has 7 rings (SSSR count). The number of benzene rings is 7. The van der Waals surface area contributed by atoms with Crippen molar-refractivity contribution in [1.29, 1.82) is 0 Å². The van der Waals surface area contributed by atoms with Gasteiger partial charge in [-0.1, -0.05) is 181 Å². The highest BCUT2D eigenvalue weighted by Gasteiger charge is 2.24. The van der Waals surface area contributed by atoms with E-state index in [1.54, 1.807) is 36.0 Å². The molecule has 3 N–H and O–H groups in total. The number of unbranched alkanes of at least 4 members (excludes halogenated alkanes) is 11. The summed E-state index contributed by atoms with van der Waals surface area (Å²) in [6.07, 6.45) is 13.8. The second kappa shape index (κ2) is 28.8. The maximum absolute atomic E-state index is 14.7. The first-order valence-electron chi connectivity index (χ1n) is 29.5. The summed E-state index contributed by atoms with van der Waals surface area (Å²) in [5, 5.41) is 16.8. The van der Waals surface area contributed by atoms with E-state index in [9.17, 15) is 24.0 Å². The molecule has 0 saturated heterocycles. The molecule has 0 atom stereocenters. The summed E-state index contributed by atoms with van der Waals surface area (Å²) in [6, 6.07) is 37.6. The highest BCUT2D eigenvalue weighted by Crippen LogP contribution is 2.36. The van der Waals surface area contributed by atoms with Crippen molar-refractivity contribution in [2.45, 2.75) is 176 Å². The van der Waals surface area contributed by atoms with E-state index in [0.717, 1.165) is 84.6 Å². The summed E-state index contributed by atoms with van der Waals surface area (Å²) in [6.45, 7) is 14.9. The van der Waals surface area contributed by atoms with Crippen LogP contribution in [0.1, 0.15) is 169 Å². The second-order valence-electron chi connectivity index (χ2n) is 23.8. The lowest BCUT2D eigenvalue weighted by atomic mass is 9.91. The molecule has 0 aliphatic heterocycles. The van der Waals surface area contributed by atoms with E-state index in [2.05, 4.69) is 47.1 Å². The van der Waals surface area contributed by atoms with Gasteiger partial charge in [-0.15, -0.1) is 0 Å². The van der Waals surface area contributed by atoms with Gasteiger partial charge in [0.05, 0.1) is 12.8 Å². The summed E-state index contributed by atoms with van der Waals surface area (Å²) < 4.78 is 11.1. The molecule has 7 aromatic rings. The van der Waals surface area contributed by atoms with E-state index in [1.165, 1.54) is 57.8 Å². The molecule has 0 saturated carbocycles. The van der Waals surface area contributed by atoms with E-state index in [1.807, 2.05) is 120 Å². The van der Waals surface area contributed by atoms with Crippen molar-refractivity contribution >= 4 is 73.0 Å². The lowest BCUT2D eigenvalue weighted by Gasteiger charge is -2.24. The summed E-state index contributed by atoms with van der Waals surface area (Å²) in [5.74, 6) is -0.531. The topological polar surface area (TPSA) is 146 Å². The van der Waals surface area contributed by atoms with Crippen LogP contribution in [0, 0.1) is 0 Å². The molecule has 0 aliphatic carbocycles. The number of amides is 5. The van der Waals surface area contributed by atoms with E-state index in [-0.39, 0.29) is 50.2 Å². The molecule has 5 amide bonds. The van der Waals surface area contributed by atoms with Crippen LogP contribution in [0.2, 0.25) is 0 Å². The zero-order chi connectivity index (χ0) is 58.1. The van der Waals surface area contributed by atoms with E-state index < -0.39 is 23.4 Å². The van der Waals surface area contributed by atoms with Crippen LogP contribution in [0.15, 0.2) is 115 Å². The lowest BCUT2D eigenvalue weighted by Crippen LogP contribution is -2.32. The number of hydrogen-bond donors (Lipinski definition) is 3. The minimum Gasteiger partial charge on any atom is -0.444 e. The van der Waals surface area contributed by atoms with E-state index >= 15 is 0 Å². The fraction of sp³-hybridized carbons (Fsp3) is 0.435. The summed E-state index contributed by atoms with van der Waals surface area (Å²) in [5.41, 5.74) is 4.27. The Bertz CT molecular complexity index is 3200. The van der Waals surface area contributed by atoms with Gasteiger partial charge in [0.25, 0.3) is 5.91 Å². The number of nitrogens with one attached hydrogen (secondary N) is 3. The number of rotatable bonds is 26. The number of carbonyl (C=O) groups is 5. The van der Waals surface area contributed by atoms with Gasteiger partial charge in [0.15, 0.2) is 0 Å². The van der Waals surface area contributed by atoms with Crippen LogP contribution in [-0.4, -0.2) is 71.6 Å². The third kappa shape index (κ3) is 17.3. The number of alkyl carbamates (subject to hydrolysis) is 2. The molecule has 0 unspecified atom stereocenters. The predicted molar refractivity (Wildman–Crippen MR) is 329 cm³/mol. The maximum Gasteiger partial charge on any atom is 0.407 e. The van der Waals surface area contributed by atoms with Crippen LogP contribution in [0.5, 0.6) is 0 Å². The Kier molecular flexibility index (Phi) is 21.7. The Balaban J connectivity index is 1.11. The van der Waals surface area contributed by atoms with Gasteiger partial charge in [0.1, 0.15) is 11.2 Å². The average Bonchev–Trinajstić information content (AvgIpc) is 3.54. The Morgan fingerprint density at radius 1 is 0.420 bits per heavy atom. The molecular weight excluding hydrogens is 1010 g/mol. The Morgan fingerprint density at radius 2 is 0.753 bits per heavy atom. The molecule has 0 aliphatic rings. The van der Waals surface area contributed by atoms with Crippen molar-refractivity contribution in [2.24, 2.45) is 0 Å². The number of hydrogen-bond acceptors (Lipinski definition) is 7. The molecule has 0 spiro atoms. The SMILES string of the molecule is CCCCCCCCCCCCCCNC(=O)c1ccc(CC(=O)N(C)Cc2c3ccccc3c(CNC(=O)OC(C)(C)C)c3ccccc23)c(CC(=O)N(C)Cc2c3ccccc3c(CNC(=O)OC(C)(C)C)c3ccccc23)c1. The molecule has 12 heteroatoms. The monoisotopic (exact) mass is 1100 g/mol. The molecule has 0 bridgehead atoms. The molecule has 12 nitrogen and oxygen atoms in total. The lowest BCUT2D eigenvalue weighted by molar-refractivity contribution is -0.130.